The summed E-state index contributed by atoms with van der Waals surface area (Å²) in [5.74, 6) is 0.841. The number of rotatable bonds is 2. The lowest BCUT2D eigenvalue weighted by Gasteiger charge is -2.12. The van der Waals surface area contributed by atoms with E-state index in [0.717, 1.165) is 28.4 Å². The summed E-state index contributed by atoms with van der Waals surface area (Å²) in [7, 11) is 0. The van der Waals surface area contributed by atoms with Crippen molar-refractivity contribution >= 4 is 11.3 Å². The summed E-state index contributed by atoms with van der Waals surface area (Å²) >= 11 is 1.48. The summed E-state index contributed by atoms with van der Waals surface area (Å²) in [5.41, 5.74) is 2.95. The smallest absolute Gasteiger partial charge is 0.134 e. The number of ether oxygens (including phenoxy) is 1. The van der Waals surface area contributed by atoms with Gasteiger partial charge in [0.2, 0.25) is 0 Å². The molecule has 0 radical (unpaired) electrons. The van der Waals surface area contributed by atoms with Crippen molar-refractivity contribution in [2.45, 2.75) is 19.4 Å². The molecular formula is C13H13NO2S. The average Bonchev–Trinajstić information content (AvgIpc) is 2.95. The van der Waals surface area contributed by atoms with E-state index in [1.165, 1.54) is 16.9 Å². The molecule has 0 aliphatic carbocycles. The van der Waals surface area contributed by atoms with Gasteiger partial charge < -0.3 is 9.84 Å². The van der Waals surface area contributed by atoms with Gasteiger partial charge in [0.05, 0.1) is 6.61 Å². The molecule has 4 heteroatoms. The summed E-state index contributed by atoms with van der Waals surface area (Å²) in [6, 6.07) is 5.92. The molecule has 3 nitrogen and oxygen atoms in total. The zero-order valence-electron chi connectivity index (χ0n) is 9.51. The molecule has 17 heavy (non-hydrogen) atoms. The van der Waals surface area contributed by atoms with Gasteiger partial charge in [-0.05, 0) is 12.5 Å². The fourth-order valence-electron chi connectivity index (χ4n) is 2.09. The molecule has 0 bridgehead atoms. The van der Waals surface area contributed by atoms with Gasteiger partial charge in [-0.2, -0.15) is 0 Å². The Morgan fingerprint density at radius 3 is 3.12 bits per heavy atom. The molecule has 0 saturated carbocycles. The van der Waals surface area contributed by atoms with Gasteiger partial charge in [-0.3, -0.25) is 0 Å². The third kappa shape index (κ3) is 1.83. The lowest BCUT2D eigenvalue weighted by atomic mass is 10.0. The van der Waals surface area contributed by atoms with Crippen molar-refractivity contribution in [1.82, 2.24) is 4.98 Å². The molecule has 3 rings (SSSR count). The van der Waals surface area contributed by atoms with E-state index in [0.29, 0.717) is 6.61 Å². The SMILES string of the molecule is Cc1csc(C(O)c2cccc3c2OCC3)n1. The van der Waals surface area contributed by atoms with Crippen LogP contribution in [-0.4, -0.2) is 16.7 Å². The van der Waals surface area contributed by atoms with Crippen LogP contribution in [0.1, 0.15) is 27.9 Å². The van der Waals surface area contributed by atoms with Crippen molar-refractivity contribution in [2.24, 2.45) is 0 Å². The van der Waals surface area contributed by atoms with E-state index in [1.54, 1.807) is 0 Å². The van der Waals surface area contributed by atoms with E-state index < -0.39 is 6.10 Å². The normalized spacial score (nSPS) is 15.4. The number of hydrogen-bond donors (Lipinski definition) is 1. The van der Waals surface area contributed by atoms with E-state index in [-0.39, 0.29) is 0 Å². The summed E-state index contributed by atoms with van der Waals surface area (Å²) in [6.45, 7) is 2.63. The highest BCUT2D eigenvalue weighted by molar-refractivity contribution is 7.09. The van der Waals surface area contributed by atoms with Crippen LogP contribution in [0.4, 0.5) is 0 Å². The second kappa shape index (κ2) is 4.13. The third-order valence-electron chi connectivity index (χ3n) is 2.91. The van der Waals surface area contributed by atoms with Crippen molar-refractivity contribution in [2.75, 3.05) is 6.61 Å². The summed E-state index contributed by atoms with van der Waals surface area (Å²) in [6.07, 6.45) is 0.244. The highest BCUT2D eigenvalue weighted by atomic mass is 32.1. The Hall–Kier alpha value is -1.39. The van der Waals surface area contributed by atoms with Crippen molar-refractivity contribution in [1.29, 1.82) is 0 Å². The van der Waals surface area contributed by atoms with Gasteiger partial charge in [-0.15, -0.1) is 11.3 Å². The van der Waals surface area contributed by atoms with E-state index in [4.69, 9.17) is 4.74 Å². The molecule has 0 spiro atoms. The number of aliphatic hydroxyl groups is 1. The maximum atomic E-state index is 10.3. The second-order valence-electron chi connectivity index (χ2n) is 4.16. The molecule has 0 saturated heterocycles. The van der Waals surface area contributed by atoms with Crippen molar-refractivity contribution < 1.29 is 9.84 Å². The van der Waals surface area contributed by atoms with Gasteiger partial charge in [0.25, 0.3) is 0 Å². The predicted octanol–water partition coefficient (Wildman–Crippen LogP) is 2.47. The van der Waals surface area contributed by atoms with Gasteiger partial charge in [-0.25, -0.2) is 4.98 Å². The highest BCUT2D eigenvalue weighted by Gasteiger charge is 2.23. The van der Waals surface area contributed by atoms with E-state index in [1.807, 2.05) is 30.5 Å². The first kappa shape index (κ1) is 10.7. The Bertz CT molecular complexity index is 550. The number of benzene rings is 1. The Morgan fingerprint density at radius 1 is 1.47 bits per heavy atom. The molecule has 1 N–H and O–H groups in total. The Balaban J connectivity index is 2.02. The Labute approximate surface area is 104 Å². The molecule has 1 aliphatic rings. The van der Waals surface area contributed by atoms with E-state index in [2.05, 4.69) is 4.98 Å². The summed E-state index contributed by atoms with van der Waals surface area (Å²) in [5, 5.41) is 13.0. The first-order valence-electron chi connectivity index (χ1n) is 5.60. The lowest BCUT2D eigenvalue weighted by molar-refractivity contribution is 0.213. The molecule has 0 fully saturated rings. The average molecular weight is 247 g/mol. The van der Waals surface area contributed by atoms with Gasteiger partial charge in [-0.1, -0.05) is 18.2 Å². The zero-order valence-corrected chi connectivity index (χ0v) is 10.3. The topological polar surface area (TPSA) is 42.4 Å². The van der Waals surface area contributed by atoms with Crippen LogP contribution in [0.3, 0.4) is 0 Å². The number of para-hydroxylation sites is 1. The number of aryl methyl sites for hydroxylation is 1. The number of nitrogens with zero attached hydrogens (tertiary/aromatic N) is 1. The minimum atomic E-state index is -0.679. The number of thiazole rings is 1. The highest BCUT2D eigenvalue weighted by Crippen LogP contribution is 2.36. The van der Waals surface area contributed by atoms with E-state index >= 15 is 0 Å². The molecule has 88 valence electrons. The molecule has 1 aromatic carbocycles. The molecule has 1 aromatic heterocycles. The maximum Gasteiger partial charge on any atom is 0.134 e. The largest absolute Gasteiger partial charge is 0.493 e. The molecule has 1 atom stereocenters. The minimum absolute atomic E-state index is 0.679. The quantitative estimate of drug-likeness (QED) is 0.886. The first-order valence-corrected chi connectivity index (χ1v) is 6.48. The lowest BCUT2D eigenvalue weighted by Crippen LogP contribution is -2.01. The predicted molar refractivity (Wildman–Crippen MR) is 66.6 cm³/mol. The van der Waals surface area contributed by atoms with Crippen LogP contribution in [-0.2, 0) is 6.42 Å². The van der Waals surface area contributed by atoms with E-state index in [9.17, 15) is 5.11 Å². The molecule has 0 amide bonds. The Morgan fingerprint density at radius 2 is 2.35 bits per heavy atom. The zero-order chi connectivity index (χ0) is 11.8. The van der Waals surface area contributed by atoms with Crippen molar-refractivity contribution in [3.63, 3.8) is 0 Å². The van der Waals surface area contributed by atoms with Crippen molar-refractivity contribution in [3.05, 3.63) is 45.4 Å². The molecule has 2 aromatic rings. The number of aromatic nitrogens is 1. The standard InChI is InChI=1S/C13H13NO2S/c1-8-7-17-13(14-8)11(15)10-4-2-3-9-5-6-16-12(9)10/h2-4,7,11,15H,5-6H2,1H3. The first-order chi connectivity index (χ1) is 8.25. The van der Waals surface area contributed by atoms with Crippen LogP contribution in [0.2, 0.25) is 0 Å². The van der Waals surface area contributed by atoms with Crippen molar-refractivity contribution in [3.8, 4) is 5.75 Å². The fraction of sp³-hybridized carbons (Fsp3) is 0.308. The van der Waals surface area contributed by atoms with Gasteiger partial charge in [0, 0.05) is 23.1 Å². The third-order valence-corrected chi connectivity index (χ3v) is 3.93. The van der Waals surface area contributed by atoms with Gasteiger partial charge in [0.1, 0.15) is 16.9 Å². The second-order valence-corrected chi connectivity index (χ2v) is 5.05. The molecule has 1 unspecified atom stereocenters. The van der Waals surface area contributed by atoms with Crippen LogP contribution in [0.15, 0.2) is 23.6 Å². The molecule has 1 aliphatic heterocycles. The van der Waals surface area contributed by atoms with Gasteiger partial charge in [0.15, 0.2) is 0 Å². The van der Waals surface area contributed by atoms with Gasteiger partial charge >= 0.3 is 0 Å². The van der Waals surface area contributed by atoms with Crippen LogP contribution in [0.25, 0.3) is 0 Å². The van der Waals surface area contributed by atoms with Crippen LogP contribution in [0.5, 0.6) is 5.75 Å². The number of aliphatic hydroxyl groups excluding tert-OH is 1. The fourth-order valence-corrected chi connectivity index (χ4v) is 2.88. The summed E-state index contributed by atoms with van der Waals surface area (Å²) < 4.78 is 5.60. The number of fused-ring (bicyclic) bond motifs is 1. The number of hydrogen-bond acceptors (Lipinski definition) is 4. The molecular weight excluding hydrogens is 234 g/mol. The summed E-state index contributed by atoms with van der Waals surface area (Å²) in [4.78, 5) is 4.33. The van der Waals surface area contributed by atoms with Crippen LogP contribution >= 0.6 is 11.3 Å². The molecule has 2 heterocycles. The van der Waals surface area contributed by atoms with Crippen LogP contribution in [0, 0.1) is 6.92 Å². The Kier molecular flexibility index (Phi) is 2.61. The minimum Gasteiger partial charge on any atom is -0.493 e. The maximum absolute atomic E-state index is 10.3. The monoisotopic (exact) mass is 247 g/mol. The van der Waals surface area contributed by atoms with Crippen LogP contribution < -0.4 is 4.74 Å².